The van der Waals surface area contributed by atoms with Crippen LogP contribution in [0.3, 0.4) is 0 Å². The zero-order valence-corrected chi connectivity index (χ0v) is 9.07. The van der Waals surface area contributed by atoms with Gasteiger partial charge in [-0.15, -0.1) is 0 Å². The van der Waals surface area contributed by atoms with Gasteiger partial charge in [-0.05, 0) is 29.9 Å². The minimum Gasteiger partial charge on any atom is -0.366 e. The van der Waals surface area contributed by atoms with Gasteiger partial charge >= 0.3 is 0 Å². The standard InChI is InChI=1S/C13H17NO/c1-9-5-4-8-10(9)11-6-2-3-7-12(11)13(14)15/h2-3,6-7,9-10H,4-5,8H2,1H3,(H2,14,15). The summed E-state index contributed by atoms with van der Waals surface area (Å²) in [5.41, 5.74) is 7.24. The van der Waals surface area contributed by atoms with E-state index in [1.807, 2.05) is 24.3 Å². The fourth-order valence-corrected chi connectivity index (χ4v) is 2.65. The number of hydrogen-bond donors (Lipinski definition) is 1. The number of nitrogens with two attached hydrogens (primary N) is 1. The Labute approximate surface area is 90.5 Å². The van der Waals surface area contributed by atoms with Crippen LogP contribution >= 0.6 is 0 Å². The second-order valence-electron chi connectivity index (χ2n) is 4.47. The first kappa shape index (κ1) is 10.2. The molecule has 2 N–H and O–H groups in total. The summed E-state index contributed by atoms with van der Waals surface area (Å²) < 4.78 is 0. The molecule has 1 fully saturated rings. The van der Waals surface area contributed by atoms with Gasteiger partial charge in [-0.25, -0.2) is 0 Å². The Bertz CT molecular complexity index is 373. The molecule has 80 valence electrons. The number of carbonyl (C=O) groups excluding carboxylic acids is 1. The molecule has 1 aromatic rings. The molecule has 2 heteroatoms. The number of carbonyl (C=O) groups is 1. The van der Waals surface area contributed by atoms with Crippen LogP contribution < -0.4 is 5.73 Å². The van der Waals surface area contributed by atoms with Crippen molar-refractivity contribution in [2.75, 3.05) is 0 Å². The van der Waals surface area contributed by atoms with Crippen LogP contribution in [0.25, 0.3) is 0 Å². The SMILES string of the molecule is CC1CCCC1c1ccccc1C(N)=O. The van der Waals surface area contributed by atoms with Gasteiger partial charge in [-0.1, -0.05) is 38.0 Å². The smallest absolute Gasteiger partial charge is 0.248 e. The van der Waals surface area contributed by atoms with Gasteiger partial charge in [0.2, 0.25) is 5.91 Å². The van der Waals surface area contributed by atoms with E-state index in [0.717, 1.165) is 5.56 Å². The minimum absolute atomic E-state index is 0.301. The lowest BCUT2D eigenvalue weighted by Gasteiger charge is -2.18. The van der Waals surface area contributed by atoms with E-state index in [1.165, 1.54) is 19.3 Å². The lowest BCUT2D eigenvalue weighted by atomic mass is 9.87. The van der Waals surface area contributed by atoms with Gasteiger partial charge < -0.3 is 5.73 Å². The Kier molecular flexibility index (Phi) is 2.76. The Balaban J connectivity index is 2.38. The van der Waals surface area contributed by atoms with Crippen molar-refractivity contribution < 1.29 is 4.79 Å². The molecule has 2 atom stereocenters. The number of benzene rings is 1. The molecule has 2 nitrogen and oxygen atoms in total. The van der Waals surface area contributed by atoms with Crippen molar-refractivity contribution in [2.45, 2.75) is 32.1 Å². The highest BCUT2D eigenvalue weighted by Crippen LogP contribution is 2.40. The van der Waals surface area contributed by atoms with E-state index in [0.29, 0.717) is 17.4 Å². The molecule has 1 aliphatic carbocycles. The second kappa shape index (κ2) is 4.05. The number of primary amides is 1. The van der Waals surface area contributed by atoms with Crippen LogP contribution in [0.1, 0.15) is 48.0 Å². The van der Waals surface area contributed by atoms with Gasteiger partial charge in [-0.3, -0.25) is 4.79 Å². The monoisotopic (exact) mass is 203 g/mol. The van der Waals surface area contributed by atoms with E-state index in [4.69, 9.17) is 5.73 Å². The topological polar surface area (TPSA) is 43.1 Å². The van der Waals surface area contributed by atoms with Crippen molar-refractivity contribution in [1.82, 2.24) is 0 Å². The van der Waals surface area contributed by atoms with Crippen molar-refractivity contribution in [3.63, 3.8) is 0 Å². The molecule has 2 rings (SSSR count). The summed E-state index contributed by atoms with van der Waals surface area (Å²) in [7, 11) is 0. The fraction of sp³-hybridized carbons (Fsp3) is 0.462. The molecule has 0 aliphatic heterocycles. The normalized spacial score (nSPS) is 25.4. The van der Waals surface area contributed by atoms with Gasteiger partial charge in [-0.2, -0.15) is 0 Å². The van der Waals surface area contributed by atoms with Crippen LogP contribution in [0.2, 0.25) is 0 Å². The number of amides is 1. The van der Waals surface area contributed by atoms with Crippen LogP contribution in [-0.2, 0) is 0 Å². The molecule has 0 saturated heterocycles. The van der Waals surface area contributed by atoms with Gasteiger partial charge in [0.25, 0.3) is 0 Å². The van der Waals surface area contributed by atoms with E-state index >= 15 is 0 Å². The highest BCUT2D eigenvalue weighted by molar-refractivity contribution is 5.94. The molecular weight excluding hydrogens is 186 g/mol. The lowest BCUT2D eigenvalue weighted by Crippen LogP contribution is -2.16. The molecule has 1 amide bonds. The maximum Gasteiger partial charge on any atom is 0.248 e. The molecule has 0 aromatic heterocycles. The highest BCUT2D eigenvalue weighted by atomic mass is 16.1. The van der Waals surface area contributed by atoms with Crippen LogP contribution in [0.15, 0.2) is 24.3 Å². The van der Waals surface area contributed by atoms with Crippen molar-refractivity contribution in [1.29, 1.82) is 0 Å². The third-order valence-corrected chi connectivity index (χ3v) is 3.49. The van der Waals surface area contributed by atoms with Gasteiger partial charge in [0.05, 0.1) is 0 Å². The Morgan fingerprint density at radius 1 is 1.33 bits per heavy atom. The first-order valence-electron chi connectivity index (χ1n) is 5.59. The summed E-state index contributed by atoms with van der Waals surface area (Å²) in [5, 5.41) is 0. The van der Waals surface area contributed by atoms with Crippen LogP contribution in [0, 0.1) is 5.92 Å². The summed E-state index contributed by atoms with van der Waals surface area (Å²) in [6, 6.07) is 7.76. The maximum atomic E-state index is 11.3. The third kappa shape index (κ3) is 1.89. The number of hydrogen-bond acceptors (Lipinski definition) is 1. The summed E-state index contributed by atoms with van der Waals surface area (Å²) >= 11 is 0. The van der Waals surface area contributed by atoms with Crippen molar-refractivity contribution in [3.8, 4) is 0 Å². The summed E-state index contributed by atoms with van der Waals surface area (Å²) in [6.07, 6.45) is 3.71. The van der Waals surface area contributed by atoms with E-state index in [-0.39, 0.29) is 5.91 Å². The Morgan fingerprint density at radius 2 is 2.07 bits per heavy atom. The van der Waals surface area contributed by atoms with E-state index in [1.54, 1.807) is 0 Å². The van der Waals surface area contributed by atoms with Crippen molar-refractivity contribution >= 4 is 5.91 Å². The average Bonchev–Trinajstić information content (AvgIpc) is 2.64. The van der Waals surface area contributed by atoms with E-state index in [2.05, 4.69) is 6.92 Å². The molecule has 2 unspecified atom stereocenters. The summed E-state index contributed by atoms with van der Waals surface area (Å²) in [6.45, 7) is 2.26. The quantitative estimate of drug-likeness (QED) is 0.789. The predicted octanol–water partition coefficient (Wildman–Crippen LogP) is 2.69. The van der Waals surface area contributed by atoms with Crippen molar-refractivity contribution in [3.05, 3.63) is 35.4 Å². The van der Waals surface area contributed by atoms with E-state index in [9.17, 15) is 4.79 Å². The van der Waals surface area contributed by atoms with Gasteiger partial charge in [0, 0.05) is 5.56 Å². The first-order chi connectivity index (χ1) is 7.20. The van der Waals surface area contributed by atoms with E-state index < -0.39 is 0 Å². The second-order valence-corrected chi connectivity index (χ2v) is 4.47. The van der Waals surface area contributed by atoms with Crippen molar-refractivity contribution in [2.24, 2.45) is 11.7 Å². The zero-order valence-electron chi connectivity index (χ0n) is 9.07. The predicted molar refractivity (Wildman–Crippen MR) is 60.7 cm³/mol. The van der Waals surface area contributed by atoms with Crippen LogP contribution in [0.4, 0.5) is 0 Å². The summed E-state index contributed by atoms with van der Waals surface area (Å²) in [4.78, 5) is 11.3. The molecule has 1 saturated carbocycles. The summed E-state index contributed by atoms with van der Waals surface area (Å²) in [5.74, 6) is 0.892. The molecule has 1 aromatic carbocycles. The lowest BCUT2D eigenvalue weighted by molar-refractivity contribution is 0.0998. The molecule has 0 spiro atoms. The fourth-order valence-electron chi connectivity index (χ4n) is 2.65. The zero-order chi connectivity index (χ0) is 10.8. The molecule has 15 heavy (non-hydrogen) atoms. The minimum atomic E-state index is -0.301. The van der Waals surface area contributed by atoms with Crippen LogP contribution in [-0.4, -0.2) is 5.91 Å². The molecular formula is C13H17NO. The highest BCUT2D eigenvalue weighted by Gasteiger charge is 2.27. The van der Waals surface area contributed by atoms with Gasteiger partial charge in [0.15, 0.2) is 0 Å². The largest absolute Gasteiger partial charge is 0.366 e. The first-order valence-corrected chi connectivity index (χ1v) is 5.59. The maximum absolute atomic E-state index is 11.3. The molecule has 0 heterocycles. The van der Waals surface area contributed by atoms with Gasteiger partial charge in [0.1, 0.15) is 0 Å². The Morgan fingerprint density at radius 3 is 2.67 bits per heavy atom. The molecule has 0 bridgehead atoms. The molecule has 1 aliphatic rings. The van der Waals surface area contributed by atoms with Crippen LogP contribution in [0.5, 0.6) is 0 Å². The number of rotatable bonds is 2. The Hall–Kier alpha value is -1.31. The molecule has 0 radical (unpaired) electrons. The average molecular weight is 203 g/mol. The third-order valence-electron chi connectivity index (χ3n) is 3.49.